The summed E-state index contributed by atoms with van der Waals surface area (Å²) in [4.78, 5) is 59.2. The molecule has 166 valence electrons. The van der Waals surface area contributed by atoms with Gasteiger partial charge in [-0.05, 0) is 33.6 Å². The molecule has 0 aliphatic carbocycles. The van der Waals surface area contributed by atoms with Gasteiger partial charge in [-0.15, -0.1) is 0 Å². The van der Waals surface area contributed by atoms with E-state index in [1.807, 2.05) is 0 Å². The van der Waals surface area contributed by atoms with Crippen molar-refractivity contribution in [2.75, 3.05) is 13.1 Å². The van der Waals surface area contributed by atoms with Crippen LogP contribution in [0.4, 0.5) is 4.79 Å². The molecular weight excluding hydrogens is 380 g/mol. The zero-order valence-corrected chi connectivity index (χ0v) is 18.1. The maximum Gasteiger partial charge on any atom is 0.407 e. The van der Waals surface area contributed by atoms with Crippen LogP contribution in [-0.2, 0) is 23.9 Å². The second-order valence-electron chi connectivity index (χ2n) is 8.09. The van der Waals surface area contributed by atoms with Crippen LogP contribution in [0.3, 0.4) is 0 Å². The molecule has 0 radical (unpaired) electrons. The summed E-state index contributed by atoms with van der Waals surface area (Å²) in [6, 6.07) is -1.93. The van der Waals surface area contributed by atoms with Gasteiger partial charge in [-0.2, -0.15) is 0 Å². The molecule has 2 atom stereocenters. The molecule has 3 amide bonds. The fourth-order valence-electron chi connectivity index (χ4n) is 2.15. The third-order valence-electron chi connectivity index (χ3n) is 3.62. The van der Waals surface area contributed by atoms with Gasteiger partial charge in [0.05, 0.1) is 12.1 Å². The molecule has 0 aromatic heterocycles. The summed E-state index contributed by atoms with van der Waals surface area (Å²) in [6.07, 6.45) is -0.830. The lowest BCUT2D eigenvalue weighted by molar-refractivity contribution is -0.140. The molecule has 10 heteroatoms. The number of ether oxygens (including phenoxy) is 1. The minimum Gasteiger partial charge on any atom is -0.444 e. The van der Waals surface area contributed by atoms with Crippen molar-refractivity contribution >= 4 is 29.5 Å². The number of carbonyl (C=O) groups is 5. The number of nitrogens with one attached hydrogen (secondary N) is 3. The second kappa shape index (κ2) is 12.2. The first kappa shape index (κ1) is 26.5. The molecule has 0 unspecified atom stereocenters. The van der Waals surface area contributed by atoms with E-state index in [-0.39, 0.29) is 37.8 Å². The molecule has 10 nitrogen and oxygen atoms in total. The predicted octanol–water partition coefficient (Wildman–Crippen LogP) is 0.0337. The van der Waals surface area contributed by atoms with E-state index in [1.165, 1.54) is 6.92 Å². The van der Waals surface area contributed by atoms with Gasteiger partial charge in [-0.1, -0.05) is 13.8 Å². The van der Waals surface area contributed by atoms with Crippen molar-refractivity contribution in [2.45, 2.75) is 72.1 Å². The van der Waals surface area contributed by atoms with E-state index in [0.29, 0.717) is 0 Å². The monoisotopic (exact) mass is 414 g/mol. The molecule has 29 heavy (non-hydrogen) atoms. The summed E-state index contributed by atoms with van der Waals surface area (Å²) < 4.78 is 5.06. The SMILES string of the molecule is CC(C)[C@H](NC(=O)CCC(=O)NCCNC(=O)OC(C)(C)C)C(=O)C(=O)[C@H](C)N. The van der Waals surface area contributed by atoms with E-state index in [9.17, 15) is 24.0 Å². The van der Waals surface area contributed by atoms with Crippen LogP contribution in [-0.4, -0.2) is 60.2 Å². The Morgan fingerprint density at radius 3 is 1.86 bits per heavy atom. The van der Waals surface area contributed by atoms with Gasteiger partial charge >= 0.3 is 6.09 Å². The summed E-state index contributed by atoms with van der Waals surface area (Å²) in [5.41, 5.74) is 4.83. The molecule has 0 saturated carbocycles. The number of ketones is 2. The Morgan fingerprint density at radius 1 is 0.862 bits per heavy atom. The fraction of sp³-hybridized carbons (Fsp3) is 0.737. The van der Waals surface area contributed by atoms with Crippen molar-refractivity contribution < 1.29 is 28.7 Å². The van der Waals surface area contributed by atoms with Crippen molar-refractivity contribution in [1.29, 1.82) is 0 Å². The standard InChI is InChI=1S/C19H34N4O6/c1-11(2)15(17(27)16(26)12(3)20)23-14(25)8-7-13(24)21-9-10-22-18(28)29-19(4,5)6/h11-12,15H,7-10,20H2,1-6H3,(H,21,24)(H,22,28)(H,23,25)/t12-,15-/m0/s1. The van der Waals surface area contributed by atoms with Gasteiger partial charge in [0.2, 0.25) is 23.4 Å². The Bertz CT molecular complexity index is 610. The average Bonchev–Trinajstić information content (AvgIpc) is 2.58. The van der Waals surface area contributed by atoms with Crippen molar-refractivity contribution in [3.8, 4) is 0 Å². The summed E-state index contributed by atoms with van der Waals surface area (Å²) >= 11 is 0. The van der Waals surface area contributed by atoms with Gasteiger partial charge in [0.1, 0.15) is 5.60 Å². The highest BCUT2D eigenvalue weighted by molar-refractivity contribution is 6.41. The molecule has 0 aromatic rings. The number of hydrogen-bond acceptors (Lipinski definition) is 7. The van der Waals surface area contributed by atoms with Gasteiger partial charge in [0.15, 0.2) is 0 Å². The molecule has 0 bridgehead atoms. The van der Waals surface area contributed by atoms with E-state index in [2.05, 4.69) is 16.0 Å². The number of nitrogens with two attached hydrogens (primary N) is 1. The average molecular weight is 415 g/mol. The van der Waals surface area contributed by atoms with Crippen LogP contribution in [0.25, 0.3) is 0 Å². The topological polar surface area (TPSA) is 157 Å². The van der Waals surface area contributed by atoms with E-state index < -0.39 is 41.3 Å². The summed E-state index contributed by atoms with van der Waals surface area (Å²) in [6.45, 7) is 10.4. The number of Topliss-reactive ketones (excluding diaryl/α,β-unsaturated/α-hetero) is 2. The predicted molar refractivity (Wildman–Crippen MR) is 107 cm³/mol. The Morgan fingerprint density at radius 2 is 1.38 bits per heavy atom. The number of carbonyl (C=O) groups excluding carboxylic acids is 5. The quantitative estimate of drug-likeness (QED) is 0.274. The van der Waals surface area contributed by atoms with Crippen LogP contribution in [0.2, 0.25) is 0 Å². The first-order valence-electron chi connectivity index (χ1n) is 9.61. The highest BCUT2D eigenvalue weighted by Crippen LogP contribution is 2.07. The summed E-state index contributed by atoms with van der Waals surface area (Å²) in [7, 11) is 0. The van der Waals surface area contributed by atoms with Crippen LogP contribution in [0.1, 0.15) is 54.4 Å². The minimum atomic E-state index is -0.984. The molecule has 0 rings (SSSR count). The number of hydrogen-bond donors (Lipinski definition) is 4. The van der Waals surface area contributed by atoms with Crippen LogP contribution in [0.15, 0.2) is 0 Å². The van der Waals surface area contributed by atoms with Crippen molar-refractivity contribution in [2.24, 2.45) is 11.7 Å². The zero-order chi connectivity index (χ0) is 22.8. The molecule has 5 N–H and O–H groups in total. The minimum absolute atomic E-state index is 0.0987. The van der Waals surface area contributed by atoms with Gasteiger partial charge in [-0.25, -0.2) is 4.79 Å². The van der Waals surface area contributed by atoms with Crippen LogP contribution < -0.4 is 21.7 Å². The molecule has 0 heterocycles. The van der Waals surface area contributed by atoms with Crippen molar-refractivity contribution in [3.05, 3.63) is 0 Å². The number of alkyl carbamates (subject to hydrolysis) is 1. The van der Waals surface area contributed by atoms with E-state index in [0.717, 1.165) is 0 Å². The Hall–Kier alpha value is -2.49. The first-order valence-corrected chi connectivity index (χ1v) is 9.61. The molecule has 0 fully saturated rings. The second-order valence-corrected chi connectivity index (χ2v) is 8.09. The molecule has 0 aliphatic rings. The Balaban J connectivity index is 4.28. The molecule has 0 saturated heterocycles. The van der Waals surface area contributed by atoms with Gasteiger partial charge < -0.3 is 26.4 Å². The lowest BCUT2D eigenvalue weighted by atomic mass is 9.95. The first-order chi connectivity index (χ1) is 13.2. The number of amides is 3. The van der Waals surface area contributed by atoms with E-state index in [1.54, 1.807) is 34.6 Å². The van der Waals surface area contributed by atoms with Crippen molar-refractivity contribution in [1.82, 2.24) is 16.0 Å². The molecule has 0 spiro atoms. The van der Waals surface area contributed by atoms with Crippen molar-refractivity contribution in [3.63, 3.8) is 0 Å². The lowest BCUT2D eigenvalue weighted by Gasteiger charge is -2.21. The van der Waals surface area contributed by atoms with Crippen LogP contribution in [0, 0.1) is 5.92 Å². The summed E-state index contributed by atoms with van der Waals surface area (Å²) in [5, 5.41) is 7.55. The van der Waals surface area contributed by atoms with Gasteiger partial charge in [0.25, 0.3) is 0 Å². The zero-order valence-electron chi connectivity index (χ0n) is 18.1. The largest absolute Gasteiger partial charge is 0.444 e. The molecule has 0 aliphatic heterocycles. The third kappa shape index (κ3) is 11.8. The highest BCUT2D eigenvalue weighted by atomic mass is 16.6. The molecular formula is C19H34N4O6. The van der Waals surface area contributed by atoms with Gasteiger partial charge in [0, 0.05) is 25.9 Å². The maximum absolute atomic E-state index is 12.1. The smallest absolute Gasteiger partial charge is 0.407 e. The third-order valence-corrected chi connectivity index (χ3v) is 3.62. The van der Waals surface area contributed by atoms with Crippen LogP contribution >= 0.6 is 0 Å². The highest BCUT2D eigenvalue weighted by Gasteiger charge is 2.30. The lowest BCUT2D eigenvalue weighted by Crippen LogP contribution is -2.50. The van der Waals surface area contributed by atoms with Crippen LogP contribution in [0.5, 0.6) is 0 Å². The fourth-order valence-corrected chi connectivity index (χ4v) is 2.15. The normalized spacial score (nSPS) is 13.2. The Labute approximate surface area is 171 Å². The molecule has 0 aromatic carbocycles. The maximum atomic E-state index is 12.1. The Kier molecular flexibility index (Phi) is 11.1. The van der Waals surface area contributed by atoms with Gasteiger partial charge in [-0.3, -0.25) is 19.2 Å². The summed E-state index contributed by atoms with van der Waals surface area (Å²) in [5.74, 6) is -2.70. The van der Waals surface area contributed by atoms with E-state index in [4.69, 9.17) is 10.5 Å². The van der Waals surface area contributed by atoms with E-state index >= 15 is 0 Å². The number of rotatable bonds is 11.